The molecule has 0 saturated heterocycles. The fourth-order valence-corrected chi connectivity index (χ4v) is 3.47. The first-order valence-corrected chi connectivity index (χ1v) is 8.58. The third kappa shape index (κ3) is 4.36. The topological polar surface area (TPSA) is 21.3 Å². The molecule has 0 bridgehead atoms. The molecule has 1 unspecified atom stereocenters. The summed E-state index contributed by atoms with van der Waals surface area (Å²) in [6.45, 7) is 3.13. The van der Waals surface area contributed by atoms with Crippen LogP contribution in [0, 0.1) is 0 Å². The second-order valence-electron chi connectivity index (χ2n) is 4.81. The van der Waals surface area contributed by atoms with Gasteiger partial charge in [0, 0.05) is 6.04 Å². The third-order valence-corrected chi connectivity index (χ3v) is 5.01. The van der Waals surface area contributed by atoms with Crippen LogP contribution in [0.25, 0.3) is 0 Å². The summed E-state index contributed by atoms with van der Waals surface area (Å²) in [5.74, 6) is 0.939. The molecule has 1 aromatic heterocycles. The van der Waals surface area contributed by atoms with E-state index in [1.54, 1.807) is 18.4 Å². The zero-order valence-electron chi connectivity index (χ0n) is 12.2. The normalized spacial score (nSPS) is 12.4. The lowest BCUT2D eigenvalue weighted by atomic mass is 10.0. The van der Waals surface area contributed by atoms with E-state index in [1.165, 1.54) is 4.88 Å². The second kappa shape index (κ2) is 8.04. The van der Waals surface area contributed by atoms with Gasteiger partial charge in [0.1, 0.15) is 5.75 Å². The van der Waals surface area contributed by atoms with E-state index in [1.807, 2.05) is 24.3 Å². The first kappa shape index (κ1) is 16.6. The number of ether oxygens (including phenoxy) is 1. The molecule has 0 amide bonds. The summed E-state index contributed by atoms with van der Waals surface area (Å²) >= 11 is 13.8. The number of hydrogen-bond acceptors (Lipinski definition) is 3. The van der Waals surface area contributed by atoms with E-state index >= 15 is 0 Å². The minimum atomic E-state index is 0.220. The number of methoxy groups -OCH3 is 1. The Balaban J connectivity index is 2.21. The fourth-order valence-electron chi connectivity index (χ4n) is 2.21. The molecule has 2 aromatic rings. The Bertz CT molecular complexity index is 585. The molecule has 0 saturated carbocycles. The van der Waals surface area contributed by atoms with Gasteiger partial charge in [-0.15, -0.1) is 11.3 Å². The lowest BCUT2D eigenvalue weighted by molar-refractivity contribution is 0.402. The minimum absolute atomic E-state index is 0.220. The Morgan fingerprint density at radius 1 is 1.24 bits per heavy atom. The van der Waals surface area contributed by atoms with Gasteiger partial charge in [0.15, 0.2) is 0 Å². The van der Waals surface area contributed by atoms with Crippen LogP contribution in [0.3, 0.4) is 0 Å². The van der Waals surface area contributed by atoms with Crippen LogP contribution in [0.4, 0.5) is 0 Å². The molecule has 2 rings (SSSR count). The summed E-state index contributed by atoms with van der Waals surface area (Å²) in [7, 11) is 1.71. The van der Waals surface area contributed by atoms with Crippen molar-refractivity contribution >= 4 is 34.5 Å². The highest BCUT2D eigenvalue weighted by molar-refractivity contribution is 7.10. The smallest absolute Gasteiger partial charge is 0.134 e. The van der Waals surface area contributed by atoms with Crippen LogP contribution in [-0.2, 0) is 6.42 Å². The first-order valence-electron chi connectivity index (χ1n) is 6.94. The molecule has 0 radical (unpaired) electrons. The molecule has 0 spiro atoms. The average molecular weight is 344 g/mol. The Labute approximate surface area is 140 Å². The molecule has 21 heavy (non-hydrogen) atoms. The highest BCUT2D eigenvalue weighted by Gasteiger charge is 2.18. The quantitative estimate of drug-likeness (QED) is 0.731. The van der Waals surface area contributed by atoms with Gasteiger partial charge in [-0.05, 0) is 48.5 Å². The maximum Gasteiger partial charge on any atom is 0.134 e. The van der Waals surface area contributed by atoms with Gasteiger partial charge < -0.3 is 10.1 Å². The fraction of sp³-hybridized carbons (Fsp3) is 0.375. The number of hydrogen-bond donors (Lipinski definition) is 1. The zero-order chi connectivity index (χ0) is 15.2. The molecular weight excluding hydrogens is 325 g/mol. The van der Waals surface area contributed by atoms with E-state index in [0.29, 0.717) is 10.0 Å². The second-order valence-corrected chi connectivity index (χ2v) is 6.57. The highest BCUT2D eigenvalue weighted by atomic mass is 35.5. The molecule has 1 heterocycles. The maximum atomic E-state index is 6.11. The van der Waals surface area contributed by atoms with Crippen molar-refractivity contribution in [3.63, 3.8) is 0 Å². The number of benzene rings is 1. The van der Waals surface area contributed by atoms with Gasteiger partial charge in [-0.1, -0.05) is 36.2 Å². The van der Waals surface area contributed by atoms with E-state index in [4.69, 9.17) is 27.9 Å². The molecule has 5 heteroatoms. The van der Waals surface area contributed by atoms with Gasteiger partial charge in [0.2, 0.25) is 0 Å². The molecule has 1 aromatic carbocycles. The van der Waals surface area contributed by atoms with Crippen LogP contribution in [0.15, 0.2) is 29.6 Å². The predicted molar refractivity (Wildman–Crippen MR) is 92.1 cm³/mol. The zero-order valence-corrected chi connectivity index (χ0v) is 14.5. The van der Waals surface area contributed by atoms with Crippen LogP contribution < -0.4 is 10.1 Å². The molecule has 1 N–H and O–H groups in total. The molecule has 0 aliphatic rings. The van der Waals surface area contributed by atoms with Gasteiger partial charge in [-0.25, -0.2) is 0 Å². The first-order chi connectivity index (χ1) is 10.2. The van der Waals surface area contributed by atoms with E-state index in [9.17, 15) is 0 Å². The van der Waals surface area contributed by atoms with Gasteiger partial charge in [0.05, 0.1) is 22.0 Å². The van der Waals surface area contributed by atoms with E-state index in [2.05, 4.69) is 17.6 Å². The van der Waals surface area contributed by atoms with Crippen molar-refractivity contribution in [3.8, 4) is 5.75 Å². The predicted octanol–water partition coefficient (Wildman–Crippen LogP) is 5.35. The SMILES string of the molecule is CCCNC(Cc1ccc(Cl)c(Cl)c1)c1sccc1OC. The van der Waals surface area contributed by atoms with Crippen LogP contribution in [0.1, 0.15) is 29.8 Å². The number of halogens is 2. The monoisotopic (exact) mass is 343 g/mol. The highest BCUT2D eigenvalue weighted by Crippen LogP contribution is 2.33. The van der Waals surface area contributed by atoms with Crippen molar-refractivity contribution < 1.29 is 4.74 Å². The molecule has 0 aliphatic carbocycles. The summed E-state index contributed by atoms with van der Waals surface area (Å²) in [5.41, 5.74) is 1.16. The van der Waals surface area contributed by atoms with Crippen LogP contribution in [0.5, 0.6) is 5.75 Å². The Kier molecular flexibility index (Phi) is 6.37. The van der Waals surface area contributed by atoms with E-state index in [-0.39, 0.29) is 6.04 Å². The maximum absolute atomic E-state index is 6.11. The van der Waals surface area contributed by atoms with Crippen molar-refractivity contribution in [2.75, 3.05) is 13.7 Å². The lowest BCUT2D eigenvalue weighted by Gasteiger charge is -2.19. The van der Waals surface area contributed by atoms with Crippen molar-refractivity contribution in [2.24, 2.45) is 0 Å². The standard InChI is InChI=1S/C16H19Cl2NOS/c1-3-7-19-14(16-15(20-2)6-8-21-16)10-11-4-5-12(17)13(18)9-11/h4-6,8-9,14,19H,3,7,10H2,1-2H3. The van der Waals surface area contributed by atoms with Gasteiger partial charge in [-0.2, -0.15) is 0 Å². The van der Waals surface area contributed by atoms with Crippen molar-refractivity contribution in [2.45, 2.75) is 25.8 Å². The summed E-state index contributed by atoms with van der Waals surface area (Å²) in [5, 5.41) is 6.83. The van der Waals surface area contributed by atoms with E-state index in [0.717, 1.165) is 30.7 Å². The summed E-state index contributed by atoms with van der Waals surface area (Å²) in [4.78, 5) is 1.22. The van der Waals surface area contributed by atoms with Crippen LogP contribution >= 0.6 is 34.5 Å². The molecule has 0 fully saturated rings. The summed E-state index contributed by atoms with van der Waals surface area (Å²) in [6.07, 6.45) is 1.94. The molecule has 2 nitrogen and oxygen atoms in total. The molecular formula is C16H19Cl2NOS. The van der Waals surface area contributed by atoms with Crippen molar-refractivity contribution in [1.82, 2.24) is 5.32 Å². The minimum Gasteiger partial charge on any atom is -0.496 e. The number of rotatable bonds is 7. The Morgan fingerprint density at radius 3 is 2.71 bits per heavy atom. The third-order valence-electron chi connectivity index (χ3n) is 3.26. The number of thiophene rings is 1. The molecule has 1 atom stereocenters. The van der Waals surface area contributed by atoms with Crippen molar-refractivity contribution in [1.29, 1.82) is 0 Å². The van der Waals surface area contributed by atoms with Crippen molar-refractivity contribution in [3.05, 3.63) is 50.1 Å². The molecule has 0 aliphatic heterocycles. The van der Waals surface area contributed by atoms with Gasteiger partial charge >= 0.3 is 0 Å². The van der Waals surface area contributed by atoms with E-state index < -0.39 is 0 Å². The average Bonchev–Trinajstić information content (AvgIpc) is 2.95. The van der Waals surface area contributed by atoms with Crippen LogP contribution in [0.2, 0.25) is 10.0 Å². The number of nitrogens with one attached hydrogen (secondary N) is 1. The Hall–Kier alpha value is -0.740. The molecule has 114 valence electrons. The largest absolute Gasteiger partial charge is 0.496 e. The van der Waals surface area contributed by atoms with Gasteiger partial charge in [0.25, 0.3) is 0 Å². The van der Waals surface area contributed by atoms with Crippen LogP contribution in [-0.4, -0.2) is 13.7 Å². The Morgan fingerprint density at radius 2 is 2.05 bits per heavy atom. The summed E-state index contributed by atoms with van der Waals surface area (Å²) in [6, 6.07) is 8.04. The summed E-state index contributed by atoms with van der Waals surface area (Å²) < 4.78 is 5.45. The van der Waals surface area contributed by atoms with Gasteiger partial charge in [-0.3, -0.25) is 0 Å². The lowest BCUT2D eigenvalue weighted by Crippen LogP contribution is -2.23.